The Morgan fingerprint density at radius 3 is 2.62 bits per heavy atom. The Kier molecular flexibility index (Phi) is 4.76. The second-order valence-electron chi connectivity index (χ2n) is 5.31. The number of nitrogens with two attached hydrogens (primary N) is 1. The van der Waals surface area contributed by atoms with Crippen molar-refractivity contribution in [1.82, 2.24) is 4.98 Å². The lowest BCUT2D eigenvalue weighted by molar-refractivity contribution is -0.195. The van der Waals surface area contributed by atoms with Crippen LogP contribution in [0.4, 0.5) is 23.4 Å². The molecular weight excluding hydrogens is 332 g/mol. The molecule has 1 heterocycles. The molecule has 10 heteroatoms. The first-order chi connectivity index (χ1) is 11.1. The molecule has 0 spiro atoms. The largest absolute Gasteiger partial charge is 0.477 e. The third-order valence-corrected chi connectivity index (χ3v) is 3.54. The van der Waals surface area contributed by atoms with Crippen molar-refractivity contribution in [3.05, 3.63) is 35.9 Å². The van der Waals surface area contributed by atoms with Gasteiger partial charge in [-0.3, -0.25) is 10.2 Å². The molecule has 4 N–H and O–H groups in total. The molecule has 2 rings (SSSR count). The SMILES string of the molecule is N=C(/C=C\Nc1ccc(C(N)=O)c(F)n1)OCC1(C(F)(F)F)CC1. The molecule has 1 aliphatic rings. The topological polar surface area (TPSA) is 101 Å². The fourth-order valence-corrected chi connectivity index (χ4v) is 1.83. The Balaban J connectivity index is 1.85. The summed E-state index contributed by atoms with van der Waals surface area (Å²) in [6.45, 7) is -0.611. The van der Waals surface area contributed by atoms with Gasteiger partial charge in [0.05, 0.1) is 5.56 Å². The van der Waals surface area contributed by atoms with Crippen molar-refractivity contribution in [2.24, 2.45) is 11.1 Å². The molecular formula is C14H14F4N4O2. The van der Waals surface area contributed by atoms with Gasteiger partial charge in [0.1, 0.15) is 17.8 Å². The summed E-state index contributed by atoms with van der Waals surface area (Å²) in [5, 5.41) is 9.93. The van der Waals surface area contributed by atoms with Gasteiger partial charge in [-0.1, -0.05) is 0 Å². The number of carbonyl (C=O) groups is 1. The molecule has 1 aromatic heterocycles. The van der Waals surface area contributed by atoms with E-state index < -0.39 is 36.0 Å². The molecule has 1 aromatic rings. The zero-order chi connectivity index (χ0) is 18.0. The number of anilines is 1. The number of pyridine rings is 1. The van der Waals surface area contributed by atoms with Gasteiger partial charge in [-0.2, -0.15) is 17.6 Å². The third kappa shape index (κ3) is 4.00. The van der Waals surface area contributed by atoms with E-state index in [4.69, 9.17) is 15.9 Å². The average Bonchev–Trinajstić information content (AvgIpc) is 3.25. The highest BCUT2D eigenvalue weighted by Crippen LogP contribution is 2.57. The van der Waals surface area contributed by atoms with E-state index in [0.29, 0.717) is 0 Å². The van der Waals surface area contributed by atoms with Crippen LogP contribution in [0.3, 0.4) is 0 Å². The highest BCUT2D eigenvalue weighted by molar-refractivity contribution is 5.92. The summed E-state index contributed by atoms with van der Waals surface area (Å²) in [6, 6.07) is 2.41. The van der Waals surface area contributed by atoms with Crippen molar-refractivity contribution < 1.29 is 27.1 Å². The number of halogens is 4. The van der Waals surface area contributed by atoms with Crippen LogP contribution in [0.1, 0.15) is 23.2 Å². The number of hydrogen-bond acceptors (Lipinski definition) is 5. The van der Waals surface area contributed by atoms with E-state index >= 15 is 0 Å². The van der Waals surface area contributed by atoms with E-state index in [9.17, 15) is 22.4 Å². The van der Waals surface area contributed by atoms with Crippen LogP contribution in [-0.4, -0.2) is 29.6 Å². The molecule has 0 radical (unpaired) electrons. The average molecular weight is 346 g/mol. The molecule has 0 unspecified atom stereocenters. The summed E-state index contributed by atoms with van der Waals surface area (Å²) >= 11 is 0. The van der Waals surface area contributed by atoms with Crippen molar-refractivity contribution in [2.45, 2.75) is 19.0 Å². The van der Waals surface area contributed by atoms with Gasteiger partial charge in [0.25, 0.3) is 5.91 Å². The zero-order valence-electron chi connectivity index (χ0n) is 12.3. The van der Waals surface area contributed by atoms with Crippen molar-refractivity contribution in [2.75, 3.05) is 11.9 Å². The van der Waals surface area contributed by atoms with Crippen LogP contribution >= 0.6 is 0 Å². The second kappa shape index (κ2) is 6.46. The molecule has 0 atom stereocenters. The van der Waals surface area contributed by atoms with Gasteiger partial charge >= 0.3 is 6.18 Å². The first-order valence-electron chi connectivity index (χ1n) is 6.82. The van der Waals surface area contributed by atoms with Crippen LogP contribution in [0.2, 0.25) is 0 Å². The Morgan fingerprint density at radius 1 is 1.46 bits per heavy atom. The number of carbonyl (C=O) groups excluding carboxylic acids is 1. The maximum Gasteiger partial charge on any atom is 0.397 e. The number of aromatic nitrogens is 1. The molecule has 130 valence electrons. The number of nitrogens with zero attached hydrogens (tertiary/aromatic N) is 1. The number of hydrogen-bond donors (Lipinski definition) is 3. The van der Waals surface area contributed by atoms with Gasteiger partial charge in [-0.25, -0.2) is 4.98 Å². The molecule has 0 aliphatic heterocycles. The highest BCUT2D eigenvalue weighted by Gasteiger charge is 2.63. The predicted molar refractivity (Wildman–Crippen MR) is 76.9 cm³/mol. The number of nitrogens with one attached hydrogen (secondary N) is 2. The van der Waals surface area contributed by atoms with Crippen LogP contribution in [0.5, 0.6) is 0 Å². The quantitative estimate of drug-likeness (QED) is 0.319. The molecule has 1 amide bonds. The van der Waals surface area contributed by atoms with E-state index in [1.54, 1.807) is 0 Å². The zero-order valence-corrected chi connectivity index (χ0v) is 12.3. The van der Waals surface area contributed by atoms with Gasteiger partial charge < -0.3 is 15.8 Å². The molecule has 0 aromatic carbocycles. The number of amides is 1. The Bertz CT molecular complexity index is 684. The van der Waals surface area contributed by atoms with E-state index in [0.717, 1.165) is 18.3 Å². The third-order valence-electron chi connectivity index (χ3n) is 3.54. The molecule has 24 heavy (non-hydrogen) atoms. The lowest BCUT2D eigenvalue weighted by Crippen LogP contribution is -2.30. The van der Waals surface area contributed by atoms with Gasteiger partial charge in [0.15, 0.2) is 0 Å². The molecule has 1 fully saturated rings. The van der Waals surface area contributed by atoms with Crippen molar-refractivity contribution in [3.63, 3.8) is 0 Å². The highest BCUT2D eigenvalue weighted by atomic mass is 19.4. The van der Waals surface area contributed by atoms with E-state index in [1.165, 1.54) is 6.07 Å². The summed E-state index contributed by atoms with van der Waals surface area (Å²) in [5.74, 6) is -2.48. The number of primary amides is 1. The lowest BCUT2D eigenvalue weighted by Gasteiger charge is -2.18. The van der Waals surface area contributed by atoms with E-state index in [-0.39, 0.29) is 24.2 Å². The second-order valence-corrected chi connectivity index (χ2v) is 5.31. The van der Waals surface area contributed by atoms with Crippen LogP contribution in [0.25, 0.3) is 0 Å². The fraction of sp³-hybridized carbons (Fsp3) is 0.357. The van der Waals surface area contributed by atoms with Crippen LogP contribution < -0.4 is 11.1 Å². The number of rotatable bonds is 6. The van der Waals surface area contributed by atoms with Gasteiger partial charge in [0.2, 0.25) is 11.8 Å². The standard InChI is InChI=1S/C14H14F4N4O2/c15-11-8(12(20)23)1-2-10(22-11)21-6-3-9(19)24-7-13(4-5-13)14(16,17)18/h1-3,6,19H,4-5,7H2,(H2,20,23)(H,21,22)/b6-3-,19-9?. The Hall–Kier alpha value is -2.65. The summed E-state index contributed by atoms with van der Waals surface area (Å²) in [4.78, 5) is 14.3. The van der Waals surface area contributed by atoms with Gasteiger partial charge in [0, 0.05) is 12.3 Å². The smallest absolute Gasteiger partial charge is 0.397 e. The summed E-state index contributed by atoms with van der Waals surface area (Å²) in [7, 11) is 0. The summed E-state index contributed by atoms with van der Waals surface area (Å²) in [6.07, 6.45) is -2.16. The van der Waals surface area contributed by atoms with E-state index in [2.05, 4.69) is 10.3 Å². The Labute approximate surface area is 134 Å². The van der Waals surface area contributed by atoms with Crippen LogP contribution in [-0.2, 0) is 4.74 Å². The molecule has 0 bridgehead atoms. The van der Waals surface area contributed by atoms with Crippen LogP contribution in [0, 0.1) is 16.8 Å². The predicted octanol–water partition coefficient (Wildman–Crippen LogP) is 2.58. The first-order valence-corrected chi connectivity index (χ1v) is 6.82. The number of alkyl halides is 3. The summed E-state index contributed by atoms with van der Waals surface area (Å²) < 4.78 is 56.3. The minimum atomic E-state index is -4.35. The van der Waals surface area contributed by atoms with Crippen molar-refractivity contribution in [3.8, 4) is 0 Å². The van der Waals surface area contributed by atoms with Gasteiger partial charge in [-0.05, 0) is 25.0 Å². The fourth-order valence-electron chi connectivity index (χ4n) is 1.83. The van der Waals surface area contributed by atoms with Crippen molar-refractivity contribution in [1.29, 1.82) is 5.41 Å². The minimum absolute atomic E-state index is 0.0127. The minimum Gasteiger partial charge on any atom is -0.477 e. The summed E-state index contributed by atoms with van der Waals surface area (Å²) in [5.41, 5.74) is 2.71. The van der Waals surface area contributed by atoms with E-state index in [1.807, 2.05) is 0 Å². The molecule has 6 nitrogen and oxygen atoms in total. The molecule has 1 saturated carbocycles. The Morgan fingerprint density at radius 2 is 2.12 bits per heavy atom. The molecule has 1 aliphatic carbocycles. The normalized spacial score (nSPS) is 16.0. The maximum atomic E-state index is 13.4. The maximum absolute atomic E-state index is 13.4. The number of ether oxygens (including phenoxy) is 1. The first kappa shape index (κ1) is 17.7. The monoisotopic (exact) mass is 346 g/mol. The van der Waals surface area contributed by atoms with Gasteiger partial charge in [-0.15, -0.1) is 0 Å². The van der Waals surface area contributed by atoms with Crippen molar-refractivity contribution >= 4 is 17.6 Å². The lowest BCUT2D eigenvalue weighted by atomic mass is 10.1. The van der Waals surface area contributed by atoms with Crippen LogP contribution in [0.15, 0.2) is 24.4 Å². The molecule has 0 saturated heterocycles.